The molecule has 0 fully saturated rings. The van der Waals surface area contributed by atoms with Gasteiger partial charge in [0.25, 0.3) is 0 Å². The SMILES string of the molecule is CC(C)(O)Cn1cc[c]n1. The van der Waals surface area contributed by atoms with Crippen molar-refractivity contribution in [3.63, 3.8) is 0 Å². The maximum Gasteiger partial charge on any atom is 0.113 e. The molecule has 0 saturated carbocycles. The lowest BCUT2D eigenvalue weighted by Crippen LogP contribution is -2.26. The Bertz CT molecular complexity index is 186. The Balaban J connectivity index is 2.57. The van der Waals surface area contributed by atoms with Gasteiger partial charge in [-0.25, -0.2) is 0 Å². The first-order valence-corrected chi connectivity index (χ1v) is 3.20. The van der Waals surface area contributed by atoms with Crippen molar-refractivity contribution >= 4 is 0 Å². The fourth-order valence-electron chi connectivity index (χ4n) is 0.745. The topological polar surface area (TPSA) is 38.0 Å². The monoisotopic (exact) mass is 139 g/mol. The molecule has 0 saturated heterocycles. The van der Waals surface area contributed by atoms with E-state index >= 15 is 0 Å². The van der Waals surface area contributed by atoms with Gasteiger partial charge in [-0.1, -0.05) is 0 Å². The molecule has 0 atom stereocenters. The summed E-state index contributed by atoms with van der Waals surface area (Å²) in [6.07, 6.45) is 4.43. The van der Waals surface area contributed by atoms with E-state index in [9.17, 15) is 5.11 Å². The van der Waals surface area contributed by atoms with Crippen LogP contribution in [-0.2, 0) is 6.54 Å². The lowest BCUT2D eigenvalue weighted by atomic mass is 10.1. The van der Waals surface area contributed by atoms with Crippen molar-refractivity contribution < 1.29 is 5.11 Å². The quantitative estimate of drug-likeness (QED) is 0.646. The standard InChI is InChI=1S/C7H11N2O/c1-7(2,10)6-9-5-3-4-8-9/h3,5,10H,6H2,1-2H3. The van der Waals surface area contributed by atoms with E-state index in [4.69, 9.17) is 0 Å². The second-order valence-electron chi connectivity index (χ2n) is 2.95. The Morgan fingerprint density at radius 3 is 2.80 bits per heavy atom. The van der Waals surface area contributed by atoms with Crippen LogP contribution in [0.2, 0.25) is 0 Å². The lowest BCUT2D eigenvalue weighted by molar-refractivity contribution is 0.0577. The molecule has 0 aromatic carbocycles. The maximum absolute atomic E-state index is 9.31. The highest BCUT2D eigenvalue weighted by molar-refractivity contribution is 4.78. The van der Waals surface area contributed by atoms with E-state index in [0.717, 1.165) is 0 Å². The number of aromatic nitrogens is 2. The van der Waals surface area contributed by atoms with Gasteiger partial charge in [-0.15, -0.1) is 0 Å². The zero-order chi connectivity index (χ0) is 7.61. The summed E-state index contributed by atoms with van der Waals surface area (Å²) in [5, 5.41) is 13.1. The Labute approximate surface area is 60.3 Å². The molecule has 55 valence electrons. The van der Waals surface area contributed by atoms with Crippen LogP contribution in [0.3, 0.4) is 0 Å². The molecule has 0 unspecified atom stereocenters. The third-order valence-corrected chi connectivity index (χ3v) is 1.06. The van der Waals surface area contributed by atoms with Gasteiger partial charge in [0.1, 0.15) is 6.20 Å². The summed E-state index contributed by atoms with van der Waals surface area (Å²) in [5.74, 6) is 0. The van der Waals surface area contributed by atoms with Crippen LogP contribution < -0.4 is 0 Å². The van der Waals surface area contributed by atoms with Crippen molar-refractivity contribution in [1.82, 2.24) is 9.78 Å². The van der Waals surface area contributed by atoms with Crippen LogP contribution in [0.1, 0.15) is 13.8 Å². The second kappa shape index (κ2) is 2.42. The number of hydrogen-bond acceptors (Lipinski definition) is 2. The molecule has 1 rings (SSSR count). The minimum absolute atomic E-state index is 0.510. The van der Waals surface area contributed by atoms with Gasteiger partial charge in [-0.2, -0.15) is 5.10 Å². The smallest absolute Gasteiger partial charge is 0.113 e. The zero-order valence-electron chi connectivity index (χ0n) is 6.20. The van der Waals surface area contributed by atoms with E-state index in [0.29, 0.717) is 6.54 Å². The van der Waals surface area contributed by atoms with Gasteiger partial charge in [0.15, 0.2) is 0 Å². The van der Waals surface area contributed by atoms with Crippen molar-refractivity contribution in [1.29, 1.82) is 0 Å². The van der Waals surface area contributed by atoms with Crippen LogP contribution in [-0.4, -0.2) is 20.5 Å². The maximum atomic E-state index is 9.31. The first-order chi connectivity index (χ1) is 4.58. The largest absolute Gasteiger partial charge is 0.389 e. The minimum Gasteiger partial charge on any atom is -0.389 e. The molecule has 0 aliphatic rings. The summed E-state index contributed by atoms with van der Waals surface area (Å²) < 4.78 is 1.65. The summed E-state index contributed by atoms with van der Waals surface area (Å²) in [6, 6.07) is 1.71. The summed E-state index contributed by atoms with van der Waals surface area (Å²) in [6.45, 7) is 4.00. The minimum atomic E-state index is -0.695. The van der Waals surface area contributed by atoms with E-state index in [2.05, 4.69) is 11.3 Å². The molecule has 0 amide bonds. The molecule has 0 spiro atoms. The van der Waals surface area contributed by atoms with E-state index in [1.165, 1.54) is 0 Å². The van der Waals surface area contributed by atoms with Crippen LogP contribution in [0.15, 0.2) is 12.3 Å². The third kappa shape index (κ3) is 2.19. The molecule has 1 aromatic heterocycles. The summed E-state index contributed by atoms with van der Waals surface area (Å²) in [4.78, 5) is 0. The van der Waals surface area contributed by atoms with E-state index in [-0.39, 0.29) is 0 Å². The highest BCUT2D eigenvalue weighted by Gasteiger charge is 2.12. The van der Waals surface area contributed by atoms with Gasteiger partial charge in [0.2, 0.25) is 0 Å². The summed E-state index contributed by atoms with van der Waals surface area (Å²) >= 11 is 0. The van der Waals surface area contributed by atoms with Gasteiger partial charge in [-0.05, 0) is 19.9 Å². The van der Waals surface area contributed by atoms with Gasteiger partial charge >= 0.3 is 0 Å². The molecular formula is C7H11N2O. The Kier molecular flexibility index (Phi) is 1.76. The first-order valence-electron chi connectivity index (χ1n) is 3.20. The second-order valence-corrected chi connectivity index (χ2v) is 2.95. The molecule has 3 nitrogen and oxygen atoms in total. The van der Waals surface area contributed by atoms with Crippen molar-refractivity contribution in [3.05, 3.63) is 18.5 Å². The highest BCUT2D eigenvalue weighted by atomic mass is 16.3. The Hall–Kier alpha value is -0.830. The Morgan fingerprint density at radius 2 is 2.40 bits per heavy atom. The average Bonchev–Trinajstić information content (AvgIpc) is 2.12. The molecule has 10 heavy (non-hydrogen) atoms. The predicted octanol–water partition coefficient (Wildman–Crippen LogP) is 0.454. The number of nitrogens with zero attached hydrogens (tertiary/aromatic N) is 2. The molecule has 0 bridgehead atoms. The van der Waals surface area contributed by atoms with Crippen molar-refractivity contribution in [2.75, 3.05) is 0 Å². The fourth-order valence-corrected chi connectivity index (χ4v) is 0.745. The molecule has 1 heterocycles. The first kappa shape index (κ1) is 7.28. The van der Waals surface area contributed by atoms with Crippen molar-refractivity contribution in [3.8, 4) is 0 Å². The van der Waals surface area contributed by atoms with Gasteiger partial charge < -0.3 is 5.11 Å². The summed E-state index contributed by atoms with van der Waals surface area (Å²) in [7, 11) is 0. The Morgan fingerprint density at radius 1 is 1.70 bits per heavy atom. The lowest BCUT2D eigenvalue weighted by Gasteiger charge is -2.16. The highest BCUT2D eigenvalue weighted by Crippen LogP contribution is 2.03. The van der Waals surface area contributed by atoms with E-state index < -0.39 is 5.60 Å². The van der Waals surface area contributed by atoms with E-state index in [1.54, 1.807) is 30.8 Å². The predicted molar refractivity (Wildman–Crippen MR) is 37.4 cm³/mol. The van der Waals surface area contributed by atoms with Gasteiger partial charge in [0, 0.05) is 6.20 Å². The van der Waals surface area contributed by atoms with Crippen LogP contribution in [0.4, 0.5) is 0 Å². The third-order valence-electron chi connectivity index (χ3n) is 1.06. The molecule has 1 aromatic rings. The molecule has 1 N–H and O–H groups in total. The van der Waals surface area contributed by atoms with E-state index in [1.807, 2.05) is 0 Å². The van der Waals surface area contributed by atoms with Crippen LogP contribution in [0, 0.1) is 6.20 Å². The normalized spacial score (nSPS) is 11.9. The van der Waals surface area contributed by atoms with Crippen LogP contribution in [0.25, 0.3) is 0 Å². The van der Waals surface area contributed by atoms with Crippen LogP contribution in [0.5, 0.6) is 0 Å². The fraction of sp³-hybridized carbons (Fsp3) is 0.571. The van der Waals surface area contributed by atoms with Crippen molar-refractivity contribution in [2.45, 2.75) is 26.0 Å². The van der Waals surface area contributed by atoms with Gasteiger partial charge in [-0.3, -0.25) is 4.68 Å². The van der Waals surface area contributed by atoms with Crippen LogP contribution >= 0.6 is 0 Å². The molecule has 0 aliphatic heterocycles. The average molecular weight is 139 g/mol. The van der Waals surface area contributed by atoms with Crippen molar-refractivity contribution in [2.24, 2.45) is 0 Å². The zero-order valence-corrected chi connectivity index (χ0v) is 6.20. The van der Waals surface area contributed by atoms with Gasteiger partial charge in [0.05, 0.1) is 12.1 Å². The molecule has 1 radical (unpaired) electrons. The summed E-state index contributed by atoms with van der Waals surface area (Å²) in [5.41, 5.74) is -0.695. The molecular weight excluding hydrogens is 128 g/mol. The molecule has 3 heteroatoms. The number of rotatable bonds is 2. The number of aliphatic hydroxyl groups is 1. The number of hydrogen-bond donors (Lipinski definition) is 1. The molecule has 0 aliphatic carbocycles.